The van der Waals surface area contributed by atoms with E-state index in [9.17, 15) is 24.3 Å². The molecule has 1 rings (SSSR count). The van der Waals surface area contributed by atoms with Crippen LogP contribution in [0.3, 0.4) is 0 Å². The molecule has 4 atom stereocenters. The average molecular weight is 491 g/mol. The van der Waals surface area contributed by atoms with Gasteiger partial charge >= 0.3 is 5.97 Å². The van der Waals surface area contributed by atoms with Crippen LogP contribution in [0.4, 0.5) is 0 Å². The average Bonchev–Trinajstić information content (AvgIpc) is 2.76. The Kier molecular flexibility index (Phi) is 12.4. The van der Waals surface area contributed by atoms with Crippen LogP contribution in [0.25, 0.3) is 0 Å². The minimum absolute atomic E-state index is 0.0518. The molecule has 0 saturated carbocycles. The molecule has 0 radical (unpaired) electrons. The summed E-state index contributed by atoms with van der Waals surface area (Å²) in [6.07, 6.45) is 0.788. The number of aliphatic carboxylic acids is 1. The lowest BCUT2D eigenvalue weighted by molar-refractivity contribution is -0.143. The molecule has 0 aromatic heterocycles. The fraction of sp³-hybridized carbons (Fsp3) is 0.615. The normalized spacial score (nSPS) is 14.8. The van der Waals surface area contributed by atoms with Gasteiger partial charge in [0, 0.05) is 6.42 Å². The molecule has 35 heavy (non-hydrogen) atoms. The highest BCUT2D eigenvalue weighted by molar-refractivity contribution is 5.94. The van der Waals surface area contributed by atoms with Gasteiger partial charge in [-0.25, -0.2) is 4.79 Å². The van der Waals surface area contributed by atoms with Gasteiger partial charge in [-0.3, -0.25) is 14.4 Å². The van der Waals surface area contributed by atoms with Crippen LogP contribution in [0.5, 0.6) is 0 Å². The van der Waals surface area contributed by atoms with Crippen LogP contribution in [0.1, 0.15) is 59.9 Å². The van der Waals surface area contributed by atoms with Crippen LogP contribution in [0, 0.1) is 17.8 Å². The van der Waals surface area contributed by atoms with Crippen molar-refractivity contribution in [1.82, 2.24) is 16.0 Å². The Balaban J connectivity index is 3.10. The van der Waals surface area contributed by atoms with Gasteiger partial charge in [-0.15, -0.1) is 0 Å². The minimum atomic E-state index is -1.13. The summed E-state index contributed by atoms with van der Waals surface area (Å²) in [5.74, 6) is -2.69. The fourth-order valence-corrected chi connectivity index (χ4v) is 3.57. The van der Waals surface area contributed by atoms with E-state index in [4.69, 9.17) is 5.73 Å². The van der Waals surface area contributed by atoms with Gasteiger partial charge in [0.25, 0.3) is 0 Å². The summed E-state index contributed by atoms with van der Waals surface area (Å²) in [5.41, 5.74) is 6.81. The van der Waals surface area contributed by atoms with Crippen LogP contribution in [0.2, 0.25) is 0 Å². The maximum atomic E-state index is 13.3. The molecule has 9 nitrogen and oxygen atoms in total. The molecular formula is C26H42N4O5. The number of benzene rings is 1. The van der Waals surface area contributed by atoms with E-state index in [-0.39, 0.29) is 30.6 Å². The van der Waals surface area contributed by atoms with E-state index >= 15 is 0 Å². The van der Waals surface area contributed by atoms with Crippen molar-refractivity contribution in [2.45, 2.75) is 85.0 Å². The Morgan fingerprint density at radius 2 is 1.20 bits per heavy atom. The number of nitrogens with two attached hydrogens (primary N) is 1. The van der Waals surface area contributed by atoms with Crippen molar-refractivity contribution >= 4 is 23.7 Å². The SMILES string of the molecule is CC(C)CC(NC(=O)C(CC(C)C)NC(=O)C(Cc1ccccc1)NC(=O)C(N)C(C)C)C(=O)O. The smallest absolute Gasteiger partial charge is 0.326 e. The molecule has 0 heterocycles. The lowest BCUT2D eigenvalue weighted by Crippen LogP contribution is -2.58. The highest BCUT2D eigenvalue weighted by Crippen LogP contribution is 2.11. The Morgan fingerprint density at radius 1 is 0.743 bits per heavy atom. The summed E-state index contributed by atoms with van der Waals surface area (Å²) in [5, 5.41) is 17.5. The predicted octanol–water partition coefficient (Wildman–Crippen LogP) is 1.84. The predicted molar refractivity (Wildman–Crippen MR) is 135 cm³/mol. The van der Waals surface area contributed by atoms with Crippen molar-refractivity contribution in [3.05, 3.63) is 35.9 Å². The molecule has 0 fully saturated rings. The number of carbonyl (C=O) groups is 4. The van der Waals surface area contributed by atoms with Crippen LogP contribution in [0.15, 0.2) is 30.3 Å². The second kappa shape index (κ2) is 14.5. The number of nitrogens with one attached hydrogen (secondary N) is 3. The van der Waals surface area contributed by atoms with E-state index < -0.39 is 47.9 Å². The second-order valence-corrected chi connectivity index (χ2v) is 10.2. The highest BCUT2D eigenvalue weighted by atomic mass is 16.4. The summed E-state index contributed by atoms with van der Waals surface area (Å²) in [7, 11) is 0. The first kappa shape index (κ1) is 30.1. The van der Waals surface area contributed by atoms with Gasteiger partial charge in [-0.2, -0.15) is 0 Å². The Hall–Kier alpha value is -2.94. The third-order valence-electron chi connectivity index (χ3n) is 5.60. The third kappa shape index (κ3) is 10.9. The Labute approximate surface area is 208 Å². The van der Waals surface area contributed by atoms with Crippen molar-refractivity contribution in [3.8, 4) is 0 Å². The zero-order valence-corrected chi connectivity index (χ0v) is 21.7. The monoisotopic (exact) mass is 490 g/mol. The van der Waals surface area contributed by atoms with Gasteiger partial charge in [-0.05, 0) is 36.2 Å². The van der Waals surface area contributed by atoms with Crippen LogP contribution in [-0.2, 0) is 25.6 Å². The van der Waals surface area contributed by atoms with E-state index in [0.717, 1.165) is 5.56 Å². The van der Waals surface area contributed by atoms with Gasteiger partial charge in [0.05, 0.1) is 6.04 Å². The van der Waals surface area contributed by atoms with E-state index in [0.29, 0.717) is 6.42 Å². The Morgan fingerprint density at radius 3 is 1.69 bits per heavy atom. The Bertz CT molecular complexity index is 841. The van der Waals surface area contributed by atoms with Crippen molar-refractivity contribution in [2.24, 2.45) is 23.5 Å². The van der Waals surface area contributed by atoms with Gasteiger partial charge in [0.15, 0.2) is 0 Å². The summed E-state index contributed by atoms with van der Waals surface area (Å²) in [6, 6.07) is 5.45. The van der Waals surface area contributed by atoms with Gasteiger partial charge in [0.1, 0.15) is 18.1 Å². The summed E-state index contributed by atoms with van der Waals surface area (Å²) < 4.78 is 0. The highest BCUT2D eigenvalue weighted by Gasteiger charge is 2.31. The zero-order valence-electron chi connectivity index (χ0n) is 21.7. The van der Waals surface area contributed by atoms with E-state index in [1.807, 2.05) is 71.9 Å². The van der Waals surface area contributed by atoms with Crippen molar-refractivity contribution in [2.75, 3.05) is 0 Å². The van der Waals surface area contributed by atoms with E-state index in [2.05, 4.69) is 16.0 Å². The largest absolute Gasteiger partial charge is 0.480 e. The standard InChI is InChI=1S/C26H42N4O5/c1-15(2)12-19(23(31)30-21(26(34)35)13-16(3)4)28-24(32)20(14-18-10-8-7-9-11-18)29-25(33)22(27)17(5)6/h7-11,15-17,19-22H,12-14,27H2,1-6H3,(H,28,32)(H,29,33)(H,30,31)(H,34,35). The molecule has 0 spiro atoms. The van der Waals surface area contributed by atoms with Crippen LogP contribution in [-0.4, -0.2) is 53.0 Å². The molecule has 0 aliphatic rings. The maximum Gasteiger partial charge on any atom is 0.326 e. The van der Waals surface area contributed by atoms with Crippen molar-refractivity contribution in [1.29, 1.82) is 0 Å². The maximum absolute atomic E-state index is 13.3. The molecule has 0 saturated heterocycles. The molecule has 0 aliphatic carbocycles. The molecular weight excluding hydrogens is 448 g/mol. The lowest BCUT2D eigenvalue weighted by atomic mass is 9.99. The van der Waals surface area contributed by atoms with E-state index in [1.54, 1.807) is 0 Å². The van der Waals surface area contributed by atoms with Crippen molar-refractivity contribution in [3.63, 3.8) is 0 Å². The minimum Gasteiger partial charge on any atom is -0.480 e. The van der Waals surface area contributed by atoms with Gasteiger partial charge in [-0.1, -0.05) is 71.9 Å². The van der Waals surface area contributed by atoms with Crippen LogP contribution >= 0.6 is 0 Å². The number of amides is 3. The molecule has 196 valence electrons. The molecule has 4 unspecified atom stereocenters. The summed E-state index contributed by atoms with van der Waals surface area (Å²) in [4.78, 5) is 50.6. The summed E-state index contributed by atoms with van der Waals surface area (Å²) >= 11 is 0. The number of carboxylic acid groups (broad SMARTS) is 1. The van der Waals surface area contributed by atoms with Crippen LogP contribution < -0.4 is 21.7 Å². The topological polar surface area (TPSA) is 151 Å². The molecule has 0 aliphatic heterocycles. The molecule has 9 heteroatoms. The zero-order chi connectivity index (χ0) is 26.7. The van der Waals surface area contributed by atoms with Gasteiger partial charge in [0.2, 0.25) is 17.7 Å². The number of hydrogen-bond acceptors (Lipinski definition) is 5. The molecule has 1 aromatic rings. The quantitative estimate of drug-likeness (QED) is 0.268. The lowest BCUT2D eigenvalue weighted by Gasteiger charge is -2.27. The number of carbonyl (C=O) groups excluding carboxylic acids is 3. The fourth-order valence-electron chi connectivity index (χ4n) is 3.57. The summed E-state index contributed by atoms with van der Waals surface area (Å²) in [6.45, 7) is 11.2. The third-order valence-corrected chi connectivity index (χ3v) is 5.60. The number of rotatable bonds is 14. The molecule has 6 N–H and O–H groups in total. The second-order valence-electron chi connectivity index (χ2n) is 10.2. The molecule has 3 amide bonds. The van der Waals surface area contributed by atoms with E-state index in [1.165, 1.54) is 0 Å². The molecule has 1 aromatic carbocycles. The first-order chi connectivity index (χ1) is 16.3. The van der Waals surface area contributed by atoms with Crippen molar-refractivity contribution < 1.29 is 24.3 Å². The first-order valence-corrected chi connectivity index (χ1v) is 12.2. The first-order valence-electron chi connectivity index (χ1n) is 12.2. The number of carboxylic acids is 1. The van der Waals surface area contributed by atoms with Gasteiger partial charge < -0.3 is 26.8 Å². The molecule has 0 bridgehead atoms. The number of hydrogen-bond donors (Lipinski definition) is 5.